The molecule has 0 radical (unpaired) electrons. The maximum atomic E-state index is 5.72. The summed E-state index contributed by atoms with van der Waals surface area (Å²) in [6.07, 6.45) is 4.32. The van der Waals surface area contributed by atoms with Crippen molar-refractivity contribution in [3.63, 3.8) is 0 Å². The van der Waals surface area contributed by atoms with Gasteiger partial charge in [-0.15, -0.1) is 5.10 Å². The molecule has 0 spiro atoms. The van der Waals surface area contributed by atoms with E-state index in [1.54, 1.807) is 0 Å². The Kier molecular flexibility index (Phi) is 4.87. The fourth-order valence-corrected chi connectivity index (χ4v) is 3.48. The van der Waals surface area contributed by atoms with Crippen LogP contribution >= 0.6 is 0 Å². The zero-order valence-electron chi connectivity index (χ0n) is 14.0. The van der Waals surface area contributed by atoms with Gasteiger partial charge in [-0.3, -0.25) is 9.58 Å². The SMILES string of the molecule is c1ccc2c(c1)CN(CCc1cn(CCC3CNCCO3)nn1)C2. The van der Waals surface area contributed by atoms with E-state index in [1.807, 2.05) is 4.68 Å². The van der Waals surface area contributed by atoms with Gasteiger partial charge in [-0.05, 0) is 17.5 Å². The molecule has 24 heavy (non-hydrogen) atoms. The third-order valence-corrected chi connectivity index (χ3v) is 4.86. The van der Waals surface area contributed by atoms with Crippen LogP contribution < -0.4 is 5.32 Å². The third kappa shape index (κ3) is 3.83. The molecule has 2 aromatic rings. The summed E-state index contributed by atoms with van der Waals surface area (Å²) in [5, 5.41) is 11.9. The van der Waals surface area contributed by atoms with Gasteiger partial charge in [0.1, 0.15) is 0 Å². The standard InChI is InChI=1S/C18H25N5O/c1-2-4-16-13-22(12-15(16)3-1)8-5-17-14-23(21-20-17)9-6-18-11-19-7-10-24-18/h1-4,14,18-19H,5-13H2. The molecule has 1 aromatic heterocycles. The van der Waals surface area contributed by atoms with Crippen molar-refractivity contribution in [2.75, 3.05) is 26.2 Å². The Labute approximate surface area is 142 Å². The molecule has 6 nitrogen and oxygen atoms in total. The zero-order chi connectivity index (χ0) is 16.2. The zero-order valence-corrected chi connectivity index (χ0v) is 14.0. The first kappa shape index (κ1) is 15.7. The minimum absolute atomic E-state index is 0.300. The van der Waals surface area contributed by atoms with E-state index in [4.69, 9.17) is 4.74 Å². The number of hydrogen-bond donors (Lipinski definition) is 1. The number of morpholine rings is 1. The molecule has 2 aliphatic heterocycles. The van der Waals surface area contributed by atoms with Gasteiger partial charge in [0.05, 0.1) is 18.4 Å². The smallest absolute Gasteiger partial charge is 0.0839 e. The van der Waals surface area contributed by atoms with E-state index >= 15 is 0 Å². The molecule has 3 heterocycles. The van der Waals surface area contributed by atoms with Crippen molar-refractivity contribution in [1.82, 2.24) is 25.2 Å². The van der Waals surface area contributed by atoms with Crippen molar-refractivity contribution in [2.45, 2.75) is 38.6 Å². The number of hydrogen-bond acceptors (Lipinski definition) is 5. The second-order valence-corrected chi connectivity index (χ2v) is 6.69. The lowest BCUT2D eigenvalue weighted by molar-refractivity contribution is 0.0204. The van der Waals surface area contributed by atoms with Crippen LogP contribution in [0.1, 0.15) is 23.2 Å². The van der Waals surface area contributed by atoms with Crippen molar-refractivity contribution >= 4 is 0 Å². The average Bonchev–Trinajstić information content (AvgIpc) is 3.25. The molecular weight excluding hydrogens is 302 g/mol. The summed E-state index contributed by atoms with van der Waals surface area (Å²) < 4.78 is 7.67. The van der Waals surface area contributed by atoms with Crippen LogP contribution in [0, 0.1) is 0 Å². The quantitative estimate of drug-likeness (QED) is 0.864. The van der Waals surface area contributed by atoms with Crippen molar-refractivity contribution < 1.29 is 4.74 Å². The van der Waals surface area contributed by atoms with Crippen molar-refractivity contribution in [3.8, 4) is 0 Å². The Bertz CT molecular complexity index is 640. The van der Waals surface area contributed by atoms with E-state index in [2.05, 4.69) is 51.0 Å². The van der Waals surface area contributed by atoms with E-state index in [1.165, 1.54) is 11.1 Å². The highest BCUT2D eigenvalue weighted by atomic mass is 16.5. The minimum Gasteiger partial charge on any atom is -0.376 e. The number of nitrogens with zero attached hydrogens (tertiary/aromatic N) is 4. The Morgan fingerprint density at radius 3 is 2.75 bits per heavy atom. The molecule has 6 heteroatoms. The maximum absolute atomic E-state index is 5.72. The molecule has 1 saturated heterocycles. The molecule has 0 bridgehead atoms. The molecule has 1 N–H and O–H groups in total. The second-order valence-electron chi connectivity index (χ2n) is 6.69. The van der Waals surface area contributed by atoms with Gasteiger partial charge >= 0.3 is 0 Å². The average molecular weight is 327 g/mol. The number of benzene rings is 1. The molecular formula is C18H25N5O. The van der Waals surface area contributed by atoms with E-state index in [0.717, 1.165) is 64.4 Å². The number of nitrogens with one attached hydrogen (secondary N) is 1. The number of aromatic nitrogens is 3. The van der Waals surface area contributed by atoms with Gasteiger partial charge in [0.15, 0.2) is 0 Å². The summed E-state index contributed by atoms with van der Waals surface area (Å²) in [7, 11) is 0. The molecule has 0 saturated carbocycles. The Morgan fingerprint density at radius 2 is 2.00 bits per heavy atom. The molecule has 4 rings (SSSR count). The van der Waals surface area contributed by atoms with E-state index in [0.29, 0.717) is 6.10 Å². The molecule has 1 aromatic carbocycles. The lowest BCUT2D eigenvalue weighted by Gasteiger charge is -2.23. The van der Waals surface area contributed by atoms with Gasteiger partial charge in [-0.2, -0.15) is 0 Å². The Morgan fingerprint density at radius 1 is 1.17 bits per heavy atom. The highest BCUT2D eigenvalue weighted by Crippen LogP contribution is 2.22. The first-order valence-electron chi connectivity index (χ1n) is 8.87. The maximum Gasteiger partial charge on any atom is 0.0839 e. The first-order chi connectivity index (χ1) is 11.9. The summed E-state index contributed by atoms with van der Waals surface area (Å²) in [5.41, 5.74) is 4.00. The van der Waals surface area contributed by atoms with Crippen molar-refractivity contribution in [1.29, 1.82) is 0 Å². The predicted octanol–water partition coefficient (Wildman–Crippen LogP) is 1.21. The minimum atomic E-state index is 0.300. The molecule has 1 fully saturated rings. The first-order valence-corrected chi connectivity index (χ1v) is 8.87. The molecule has 0 aliphatic carbocycles. The van der Waals surface area contributed by atoms with Crippen molar-refractivity contribution in [3.05, 3.63) is 47.3 Å². The van der Waals surface area contributed by atoms with Crippen molar-refractivity contribution in [2.24, 2.45) is 0 Å². The van der Waals surface area contributed by atoms with Gasteiger partial charge in [0.25, 0.3) is 0 Å². The van der Waals surface area contributed by atoms with Gasteiger partial charge in [-0.1, -0.05) is 29.5 Å². The van der Waals surface area contributed by atoms with Gasteiger partial charge in [0.2, 0.25) is 0 Å². The van der Waals surface area contributed by atoms with Crippen LogP contribution in [0.3, 0.4) is 0 Å². The van der Waals surface area contributed by atoms with Crippen LogP contribution in [0.15, 0.2) is 30.5 Å². The summed E-state index contributed by atoms with van der Waals surface area (Å²) in [4.78, 5) is 2.48. The van der Waals surface area contributed by atoms with Crippen LogP contribution in [-0.4, -0.2) is 52.2 Å². The summed E-state index contributed by atoms with van der Waals surface area (Å²) in [6.45, 7) is 6.72. The van der Waals surface area contributed by atoms with Crippen LogP contribution in [0.5, 0.6) is 0 Å². The lowest BCUT2D eigenvalue weighted by atomic mass is 10.1. The van der Waals surface area contributed by atoms with Gasteiger partial charge in [0, 0.05) is 51.9 Å². The number of aryl methyl sites for hydroxylation is 1. The topological polar surface area (TPSA) is 55.2 Å². The highest BCUT2D eigenvalue weighted by molar-refractivity contribution is 5.30. The molecule has 128 valence electrons. The molecule has 0 amide bonds. The summed E-state index contributed by atoms with van der Waals surface area (Å²) in [5.74, 6) is 0. The number of ether oxygens (including phenoxy) is 1. The van der Waals surface area contributed by atoms with Crippen LogP contribution in [0.4, 0.5) is 0 Å². The lowest BCUT2D eigenvalue weighted by Crippen LogP contribution is -2.38. The van der Waals surface area contributed by atoms with Crippen LogP contribution in [0.25, 0.3) is 0 Å². The molecule has 2 aliphatic rings. The summed E-state index contributed by atoms with van der Waals surface area (Å²) in [6, 6.07) is 8.71. The van der Waals surface area contributed by atoms with Crippen LogP contribution in [0.2, 0.25) is 0 Å². The molecule has 1 atom stereocenters. The van der Waals surface area contributed by atoms with E-state index in [9.17, 15) is 0 Å². The van der Waals surface area contributed by atoms with E-state index < -0.39 is 0 Å². The summed E-state index contributed by atoms with van der Waals surface area (Å²) >= 11 is 0. The number of rotatable bonds is 6. The van der Waals surface area contributed by atoms with Crippen LogP contribution in [-0.2, 0) is 30.8 Å². The second kappa shape index (κ2) is 7.42. The Balaban J connectivity index is 1.23. The monoisotopic (exact) mass is 327 g/mol. The largest absolute Gasteiger partial charge is 0.376 e. The normalized spacial score (nSPS) is 21.1. The number of fused-ring (bicyclic) bond motifs is 1. The Hall–Kier alpha value is -1.76. The fourth-order valence-electron chi connectivity index (χ4n) is 3.48. The van der Waals surface area contributed by atoms with Gasteiger partial charge < -0.3 is 10.1 Å². The fraction of sp³-hybridized carbons (Fsp3) is 0.556. The van der Waals surface area contributed by atoms with E-state index in [-0.39, 0.29) is 0 Å². The highest BCUT2D eigenvalue weighted by Gasteiger charge is 2.18. The van der Waals surface area contributed by atoms with Gasteiger partial charge in [-0.25, -0.2) is 0 Å². The molecule has 1 unspecified atom stereocenters. The predicted molar refractivity (Wildman–Crippen MR) is 91.5 cm³/mol. The third-order valence-electron chi connectivity index (χ3n) is 4.86.